The molecule has 2 saturated heterocycles. The zero-order valence-electron chi connectivity index (χ0n) is 11.4. The highest BCUT2D eigenvalue weighted by atomic mass is 16.5. The molecule has 3 nitrogen and oxygen atoms in total. The number of piperidine rings is 1. The number of rotatable bonds is 3. The first-order valence-corrected chi connectivity index (χ1v) is 7.24. The number of nitrogens with two attached hydrogens (primary N) is 1. The van der Waals surface area contributed by atoms with Crippen LogP contribution in [0.2, 0.25) is 0 Å². The van der Waals surface area contributed by atoms with E-state index in [-0.39, 0.29) is 0 Å². The third-order valence-electron chi connectivity index (χ3n) is 4.82. The van der Waals surface area contributed by atoms with Gasteiger partial charge in [-0.1, -0.05) is 13.8 Å². The smallest absolute Gasteiger partial charge is 0.0509 e. The van der Waals surface area contributed by atoms with Crippen molar-refractivity contribution < 1.29 is 4.74 Å². The van der Waals surface area contributed by atoms with Crippen molar-refractivity contribution in [1.82, 2.24) is 4.90 Å². The van der Waals surface area contributed by atoms with Crippen molar-refractivity contribution in [1.29, 1.82) is 0 Å². The molecule has 2 heterocycles. The normalized spacial score (nSPS) is 37.9. The molecular formula is C14H28N2O. The van der Waals surface area contributed by atoms with E-state index in [0.717, 1.165) is 31.6 Å². The van der Waals surface area contributed by atoms with Gasteiger partial charge in [-0.15, -0.1) is 0 Å². The Kier molecular flexibility index (Phi) is 4.83. The molecule has 0 spiro atoms. The van der Waals surface area contributed by atoms with Gasteiger partial charge < -0.3 is 10.5 Å². The Bertz CT molecular complexity index is 228. The fraction of sp³-hybridized carbons (Fsp3) is 1.00. The molecule has 0 bridgehead atoms. The molecule has 0 radical (unpaired) electrons. The Morgan fingerprint density at radius 2 is 2.12 bits per heavy atom. The summed E-state index contributed by atoms with van der Waals surface area (Å²) in [4.78, 5) is 2.63. The average molecular weight is 240 g/mol. The van der Waals surface area contributed by atoms with Crippen molar-refractivity contribution in [2.24, 2.45) is 23.5 Å². The summed E-state index contributed by atoms with van der Waals surface area (Å²) in [6.07, 6.45) is 3.83. The second-order valence-electron chi connectivity index (χ2n) is 6.02. The fourth-order valence-electron chi connectivity index (χ4n) is 3.31. The highest BCUT2D eigenvalue weighted by Gasteiger charge is 2.32. The zero-order chi connectivity index (χ0) is 12.3. The quantitative estimate of drug-likeness (QED) is 0.816. The van der Waals surface area contributed by atoms with E-state index in [9.17, 15) is 0 Å². The predicted molar refractivity (Wildman–Crippen MR) is 70.9 cm³/mol. The lowest BCUT2D eigenvalue weighted by molar-refractivity contribution is -0.00521. The van der Waals surface area contributed by atoms with Crippen LogP contribution in [0.5, 0.6) is 0 Å². The van der Waals surface area contributed by atoms with Crippen LogP contribution in [-0.2, 0) is 4.74 Å². The molecule has 4 atom stereocenters. The van der Waals surface area contributed by atoms with Gasteiger partial charge in [-0.05, 0) is 43.6 Å². The molecule has 17 heavy (non-hydrogen) atoms. The Labute approximate surface area is 106 Å². The summed E-state index contributed by atoms with van der Waals surface area (Å²) in [6.45, 7) is 9.85. The molecule has 100 valence electrons. The van der Waals surface area contributed by atoms with Crippen molar-refractivity contribution in [2.45, 2.75) is 39.2 Å². The molecule has 3 heteroatoms. The van der Waals surface area contributed by atoms with Gasteiger partial charge in [0.15, 0.2) is 0 Å². The Morgan fingerprint density at radius 3 is 2.71 bits per heavy atom. The molecule has 0 aliphatic carbocycles. The van der Waals surface area contributed by atoms with Crippen LogP contribution in [0.15, 0.2) is 0 Å². The number of hydrogen-bond acceptors (Lipinski definition) is 3. The zero-order valence-corrected chi connectivity index (χ0v) is 11.4. The highest BCUT2D eigenvalue weighted by Crippen LogP contribution is 2.28. The summed E-state index contributed by atoms with van der Waals surface area (Å²) in [7, 11) is 0. The molecule has 4 unspecified atom stereocenters. The van der Waals surface area contributed by atoms with Crippen LogP contribution >= 0.6 is 0 Å². The lowest BCUT2D eigenvalue weighted by Gasteiger charge is -2.43. The van der Waals surface area contributed by atoms with Crippen LogP contribution in [-0.4, -0.2) is 43.8 Å². The van der Waals surface area contributed by atoms with Crippen LogP contribution in [0, 0.1) is 17.8 Å². The number of likely N-dealkylation sites (tertiary alicyclic amines) is 1. The molecule has 2 fully saturated rings. The molecule has 2 aliphatic heterocycles. The van der Waals surface area contributed by atoms with E-state index in [1.165, 1.54) is 32.4 Å². The van der Waals surface area contributed by atoms with Gasteiger partial charge in [0.25, 0.3) is 0 Å². The van der Waals surface area contributed by atoms with Gasteiger partial charge in [-0.2, -0.15) is 0 Å². The third-order valence-corrected chi connectivity index (χ3v) is 4.82. The first kappa shape index (κ1) is 13.3. The van der Waals surface area contributed by atoms with Gasteiger partial charge in [-0.3, -0.25) is 4.90 Å². The van der Waals surface area contributed by atoms with E-state index >= 15 is 0 Å². The fourth-order valence-corrected chi connectivity index (χ4v) is 3.31. The predicted octanol–water partition coefficient (Wildman–Crippen LogP) is 1.72. The number of hydrogen-bond donors (Lipinski definition) is 1. The van der Waals surface area contributed by atoms with Crippen molar-refractivity contribution in [3.63, 3.8) is 0 Å². The van der Waals surface area contributed by atoms with E-state index in [4.69, 9.17) is 10.5 Å². The number of ether oxygens (including phenoxy) is 1. The summed E-state index contributed by atoms with van der Waals surface area (Å²) in [5.74, 6) is 2.34. The topological polar surface area (TPSA) is 38.5 Å². The van der Waals surface area contributed by atoms with Gasteiger partial charge in [0.05, 0.1) is 6.61 Å². The minimum absolute atomic E-state index is 0.547. The third kappa shape index (κ3) is 3.21. The summed E-state index contributed by atoms with van der Waals surface area (Å²) >= 11 is 0. The maximum absolute atomic E-state index is 6.02. The first-order valence-electron chi connectivity index (χ1n) is 7.24. The molecule has 0 amide bonds. The molecule has 0 aromatic carbocycles. The van der Waals surface area contributed by atoms with Gasteiger partial charge in [-0.25, -0.2) is 0 Å². The maximum Gasteiger partial charge on any atom is 0.0509 e. The highest BCUT2D eigenvalue weighted by molar-refractivity contribution is 4.86. The van der Waals surface area contributed by atoms with Crippen LogP contribution in [0.25, 0.3) is 0 Å². The van der Waals surface area contributed by atoms with Crippen LogP contribution < -0.4 is 5.73 Å². The lowest BCUT2D eigenvalue weighted by atomic mass is 9.85. The SMILES string of the molecule is CC1CCN(C(CN)C2CCCOC2)CC1C. The van der Waals surface area contributed by atoms with Gasteiger partial charge in [0, 0.05) is 25.7 Å². The van der Waals surface area contributed by atoms with E-state index in [1.54, 1.807) is 0 Å². The molecular weight excluding hydrogens is 212 g/mol. The van der Waals surface area contributed by atoms with Gasteiger partial charge in [0.2, 0.25) is 0 Å². The van der Waals surface area contributed by atoms with E-state index in [0.29, 0.717) is 12.0 Å². The Morgan fingerprint density at radius 1 is 1.29 bits per heavy atom. The van der Waals surface area contributed by atoms with Crippen molar-refractivity contribution in [3.8, 4) is 0 Å². The Balaban J connectivity index is 1.93. The van der Waals surface area contributed by atoms with Crippen molar-refractivity contribution in [2.75, 3.05) is 32.8 Å². The van der Waals surface area contributed by atoms with E-state index in [1.807, 2.05) is 0 Å². The maximum atomic E-state index is 6.02. The summed E-state index contributed by atoms with van der Waals surface area (Å²) in [6, 6.07) is 0.547. The Hall–Kier alpha value is -0.120. The average Bonchev–Trinajstić information content (AvgIpc) is 2.36. The monoisotopic (exact) mass is 240 g/mol. The first-order chi connectivity index (χ1) is 8.22. The molecule has 2 aliphatic rings. The molecule has 2 N–H and O–H groups in total. The van der Waals surface area contributed by atoms with Gasteiger partial charge in [0.1, 0.15) is 0 Å². The van der Waals surface area contributed by atoms with Crippen LogP contribution in [0.1, 0.15) is 33.1 Å². The van der Waals surface area contributed by atoms with Crippen LogP contribution in [0.3, 0.4) is 0 Å². The molecule has 0 saturated carbocycles. The largest absolute Gasteiger partial charge is 0.381 e. The summed E-state index contributed by atoms with van der Waals surface area (Å²) < 4.78 is 5.62. The second kappa shape index (κ2) is 6.17. The molecule has 2 rings (SSSR count). The van der Waals surface area contributed by atoms with Gasteiger partial charge >= 0.3 is 0 Å². The standard InChI is InChI=1S/C14H28N2O/c1-11-5-6-16(9-12(11)2)14(8-15)13-4-3-7-17-10-13/h11-14H,3-10,15H2,1-2H3. The lowest BCUT2D eigenvalue weighted by Crippen LogP contribution is -2.52. The second-order valence-corrected chi connectivity index (χ2v) is 6.02. The minimum atomic E-state index is 0.547. The summed E-state index contributed by atoms with van der Waals surface area (Å²) in [5.41, 5.74) is 6.02. The number of nitrogens with zero attached hydrogens (tertiary/aromatic N) is 1. The molecule has 0 aromatic rings. The molecule has 0 aromatic heterocycles. The van der Waals surface area contributed by atoms with Crippen LogP contribution in [0.4, 0.5) is 0 Å². The van der Waals surface area contributed by atoms with Crippen molar-refractivity contribution >= 4 is 0 Å². The minimum Gasteiger partial charge on any atom is -0.381 e. The van der Waals surface area contributed by atoms with Crippen molar-refractivity contribution in [3.05, 3.63) is 0 Å². The summed E-state index contributed by atoms with van der Waals surface area (Å²) in [5, 5.41) is 0. The van der Waals surface area contributed by atoms with E-state index in [2.05, 4.69) is 18.7 Å². The van der Waals surface area contributed by atoms with E-state index < -0.39 is 0 Å².